The average Bonchev–Trinajstić information content (AvgIpc) is 3.84. The highest BCUT2D eigenvalue weighted by Gasteiger charge is 2.18. The van der Waals surface area contributed by atoms with Gasteiger partial charge in [0.1, 0.15) is 0 Å². The Morgan fingerprint density at radius 1 is 0.267 bits per heavy atom. The largest absolute Gasteiger partial charge is 0.309 e. The van der Waals surface area contributed by atoms with Crippen LogP contribution >= 0.6 is 0 Å². The molecule has 60 heavy (non-hydrogen) atoms. The van der Waals surface area contributed by atoms with E-state index < -0.39 is 0 Å². The van der Waals surface area contributed by atoms with Crippen LogP contribution in [0.4, 0.5) is 0 Å². The molecule has 0 saturated heterocycles. The minimum absolute atomic E-state index is 0.714. The molecule has 0 aliphatic rings. The average molecular weight is 765 g/mol. The third-order valence-electron chi connectivity index (χ3n) is 11.9. The number of hydrogen-bond acceptors (Lipinski definition) is 2. The smallest absolute Gasteiger partial charge is 0.160 e. The molecule has 0 aliphatic heterocycles. The Bertz CT molecular complexity index is 3570. The van der Waals surface area contributed by atoms with E-state index in [1.807, 2.05) is 18.2 Å². The standard InChI is InChI=1S/C56H36N4/c1-4-14-37(15-5-1)40-26-31-53-48(34-40)49-36-42(28-33-54(49)59(53)43-18-8-3-9-19-43)41-27-32-52-47(35-41)45-20-11-13-23-51(45)60(52)44-29-24-39(25-30-44)56-57-50-22-12-10-21-46(50)55(58-56)38-16-6-2-7-17-38/h1-36H. The molecule has 0 fully saturated rings. The molecule has 4 heteroatoms. The summed E-state index contributed by atoms with van der Waals surface area (Å²) < 4.78 is 4.76. The fraction of sp³-hybridized carbons (Fsp3) is 0. The summed E-state index contributed by atoms with van der Waals surface area (Å²) >= 11 is 0. The van der Waals surface area contributed by atoms with Gasteiger partial charge in [-0.2, -0.15) is 0 Å². The molecular formula is C56H36N4. The minimum Gasteiger partial charge on any atom is -0.309 e. The van der Waals surface area contributed by atoms with E-state index in [0.29, 0.717) is 5.82 Å². The van der Waals surface area contributed by atoms with Crippen molar-refractivity contribution >= 4 is 54.5 Å². The lowest BCUT2D eigenvalue weighted by atomic mass is 9.99. The summed E-state index contributed by atoms with van der Waals surface area (Å²) in [5, 5.41) is 5.96. The highest BCUT2D eigenvalue weighted by atomic mass is 15.0. The molecule has 0 radical (unpaired) electrons. The van der Waals surface area contributed by atoms with Crippen molar-refractivity contribution in [2.75, 3.05) is 0 Å². The summed E-state index contributed by atoms with van der Waals surface area (Å²) in [6.07, 6.45) is 0. The van der Waals surface area contributed by atoms with Crippen LogP contribution in [-0.4, -0.2) is 19.1 Å². The van der Waals surface area contributed by atoms with Gasteiger partial charge in [0, 0.05) is 49.4 Å². The van der Waals surface area contributed by atoms with E-state index in [1.54, 1.807) is 0 Å². The van der Waals surface area contributed by atoms with Crippen molar-refractivity contribution in [2.45, 2.75) is 0 Å². The van der Waals surface area contributed by atoms with Crippen molar-refractivity contribution in [3.8, 4) is 56.3 Å². The van der Waals surface area contributed by atoms with Gasteiger partial charge >= 0.3 is 0 Å². The second-order valence-electron chi connectivity index (χ2n) is 15.4. The van der Waals surface area contributed by atoms with E-state index in [-0.39, 0.29) is 0 Å². The number of nitrogens with zero attached hydrogens (tertiary/aromatic N) is 4. The Labute approximate surface area is 346 Å². The van der Waals surface area contributed by atoms with Crippen LogP contribution in [0.15, 0.2) is 218 Å². The van der Waals surface area contributed by atoms with E-state index in [1.165, 1.54) is 60.3 Å². The van der Waals surface area contributed by atoms with Crippen LogP contribution in [0.5, 0.6) is 0 Å². The predicted octanol–water partition coefficient (Wildman–Crippen LogP) is 14.5. The highest BCUT2D eigenvalue weighted by molar-refractivity contribution is 6.13. The van der Waals surface area contributed by atoms with Gasteiger partial charge in [-0.15, -0.1) is 0 Å². The number of fused-ring (bicyclic) bond motifs is 7. The van der Waals surface area contributed by atoms with Gasteiger partial charge in [0.15, 0.2) is 5.82 Å². The lowest BCUT2D eigenvalue weighted by Gasteiger charge is -2.11. The summed E-state index contributed by atoms with van der Waals surface area (Å²) in [6.45, 7) is 0. The molecule has 0 aliphatic carbocycles. The topological polar surface area (TPSA) is 35.6 Å². The molecule has 12 aromatic rings. The quantitative estimate of drug-likeness (QED) is 0.169. The van der Waals surface area contributed by atoms with Crippen LogP contribution in [0.1, 0.15) is 0 Å². The molecule has 280 valence electrons. The van der Waals surface area contributed by atoms with Crippen molar-refractivity contribution in [3.05, 3.63) is 218 Å². The first-order chi connectivity index (χ1) is 29.7. The summed E-state index contributed by atoms with van der Waals surface area (Å²) in [7, 11) is 0. The molecule has 12 rings (SSSR count). The highest BCUT2D eigenvalue weighted by Crippen LogP contribution is 2.40. The van der Waals surface area contributed by atoms with E-state index in [9.17, 15) is 0 Å². The van der Waals surface area contributed by atoms with Crippen molar-refractivity contribution < 1.29 is 0 Å². The van der Waals surface area contributed by atoms with Crippen molar-refractivity contribution in [1.82, 2.24) is 19.1 Å². The fourth-order valence-electron chi connectivity index (χ4n) is 9.08. The van der Waals surface area contributed by atoms with Crippen LogP contribution in [0.25, 0.3) is 111 Å². The minimum atomic E-state index is 0.714. The zero-order valence-electron chi connectivity index (χ0n) is 32.6. The van der Waals surface area contributed by atoms with Crippen LogP contribution < -0.4 is 0 Å². The van der Waals surface area contributed by atoms with Gasteiger partial charge in [-0.1, -0.05) is 133 Å². The zero-order valence-corrected chi connectivity index (χ0v) is 32.6. The van der Waals surface area contributed by atoms with Gasteiger partial charge in [-0.05, 0) is 107 Å². The summed E-state index contributed by atoms with van der Waals surface area (Å²) in [4.78, 5) is 10.1. The monoisotopic (exact) mass is 764 g/mol. The lowest BCUT2D eigenvalue weighted by molar-refractivity contribution is 1.17. The Balaban J connectivity index is 0.972. The van der Waals surface area contributed by atoms with E-state index in [0.717, 1.165) is 44.6 Å². The van der Waals surface area contributed by atoms with Crippen molar-refractivity contribution in [3.63, 3.8) is 0 Å². The molecule has 0 saturated carbocycles. The maximum absolute atomic E-state index is 5.12. The second kappa shape index (κ2) is 13.8. The van der Waals surface area contributed by atoms with Crippen LogP contribution in [0.3, 0.4) is 0 Å². The van der Waals surface area contributed by atoms with Gasteiger partial charge < -0.3 is 9.13 Å². The normalized spacial score (nSPS) is 11.7. The summed E-state index contributed by atoms with van der Waals surface area (Å²) in [5.74, 6) is 0.714. The third kappa shape index (κ3) is 5.53. The number of rotatable bonds is 6. The van der Waals surface area contributed by atoms with Crippen molar-refractivity contribution in [2.24, 2.45) is 0 Å². The lowest BCUT2D eigenvalue weighted by Crippen LogP contribution is -1.97. The first-order valence-corrected chi connectivity index (χ1v) is 20.4. The summed E-state index contributed by atoms with van der Waals surface area (Å²) in [6, 6.07) is 78.1. The summed E-state index contributed by atoms with van der Waals surface area (Å²) in [5.41, 5.74) is 15.7. The molecule has 4 nitrogen and oxygen atoms in total. The molecule has 9 aromatic carbocycles. The number of aromatic nitrogens is 4. The zero-order chi connectivity index (χ0) is 39.6. The second-order valence-corrected chi connectivity index (χ2v) is 15.4. The van der Waals surface area contributed by atoms with Gasteiger partial charge in [-0.3, -0.25) is 0 Å². The fourth-order valence-corrected chi connectivity index (χ4v) is 9.08. The molecule has 0 amide bonds. The van der Waals surface area contributed by atoms with Gasteiger partial charge in [-0.25, -0.2) is 9.97 Å². The molecule has 0 N–H and O–H groups in total. The van der Waals surface area contributed by atoms with Crippen molar-refractivity contribution in [1.29, 1.82) is 0 Å². The third-order valence-corrected chi connectivity index (χ3v) is 11.9. The maximum atomic E-state index is 5.12. The van der Waals surface area contributed by atoms with Gasteiger partial charge in [0.25, 0.3) is 0 Å². The van der Waals surface area contributed by atoms with Crippen LogP contribution in [-0.2, 0) is 0 Å². The first-order valence-electron chi connectivity index (χ1n) is 20.4. The molecule has 0 unspecified atom stereocenters. The number of benzene rings is 9. The van der Waals surface area contributed by atoms with Gasteiger partial charge in [0.05, 0.1) is 33.3 Å². The maximum Gasteiger partial charge on any atom is 0.160 e. The number of hydrogen-bond donors (Lipinski definition) is 0. The SMILES string of the molecule is c1ccc(-c2ccc3c(c2)c2cc(-c4ccc5c(c4)c4ccccc4n5-c4ccc(-c5nc(-c6ccccc6)c6ccccc6n5)cc4)ccc2n3-c2ccccc2)cc1. The molecule has 3 aromatic heterocycles. The van der Waals surface area contributed by atoms with E-state index in [2.05, 4.69) is 209 Å². The van der Waals surface area contributed by atoms with Crippen LogP contribution in [0.2, 0.25) is 0 Å². The Morgan fingerprint density at radius 2 is 0.700 bits per heavy atom. The molecular weight excluding hydrogens is 729 g/mol. The van der Waals surface area contributed by atoms with Crippen LogP contribution in [0, 0.1) is 0 Å². The van der Waals surface area contributed by atoms with E-state index >= 15 is 0 Å². The predicted molar refractivity (Wildman–Crippen MR) is 250 cm³/mol. The Morgan fingerprint density at radius 3 is 1.32 bits per heavy atom. The van der Waals surface area contributed by atoms with Gasteiger partial charge in [0.2, 0.25) is 0 Å². The molecule has 3 heterocycles. The Hall–Kier alpha value is -8.08. The Kier molecular flexibility index (Phi) is 7.82. The molecule has 0 atom stereocenters. The number of para-hydroxylation sites is 3. The molecule has 0 spiro atoms. The molecule has 0 bridgehead atoms. The van der Waals surface area contributed by atoms with E-state index in [4.69, 9.17) is 9.97 Å². The first kappa shape index (κ1) is 34.0.